The van der Waals surface area contributed by atoms with Gasteiger partial charge >= 0.3 is 5.97 Å². The number of aromatic nitrogens is 4. The van der Waals surface area contributed by atoms with Gasteiger partial charge in [-0.2, -0.15) is 0 Å². The van der Waals surface area contributed by atoms with Crippen LogP contribution in [0.5, 0.6) is 0 Å². The lowest BCUT2D eigenvalue weighted by atomic mass is 10.2. The molecule has 120 valence electrons. The number of esters is 1. The number of anilines is 1. The molecule has 0 radical (unpaired) electrons. The van der Waals surface area contributed by atoms with E-state index in [-0.39, 0.29) is 6.61 Å². The molecule has 0 aliphatic carbocycles. The van der Waals surface area contributed by atoms with Gasteiger partial charge in [-0.3, -0.25) is 4.79 Å². The second-order valence-corrected chi connectivity index (χ2v) is 4.80. The van der Waals surface area contributed by atoms with Gasteiger partial charge in [-0.15, -0.1) is 5.10 Å². The van der Waals surface area contributed by atoms with Gasteiger partial charge in [-0.25, -0.2) is 9.48 Å². The van der Waals surface area contributed by atoms with Crippen LogP contribution in [0.15, 0.2) is 60.9 Å². The highest BCUT2D eigenvalue weighted by molar-refractivity contribution is 5.95. The highest BCUT2D eigenvalue weighted by Crippen LogP contribution is 2.10. The van der Waals surface area contributed by atoms with Crippen molar-refractivity contribution in [2.75, 3.05) is 11.9 Å². The van der Waals surface area contributed by atoms with Crippen LogP contribution in [0.4, 0.5) is 5.69 Å². The van der Waals surface area contributed by atoms with E-state index < -0.39 is 11.9 Å². The van der Waals surface area contributed by atoms with E-state index in [9.17, 15) is 9.59 Å². The van der Waals surface area contributed by atoms with Crippen LogP contribution in [0.25, 0.3) is 5.69 Å². The Bertz CT molecular complexity index is 834. The minimum Gasteiger partial charge on any atom is -0.452 e. The number of ether oxygens (including phenoxy) is 1. The fraction of sp³-hybridized carbons (Fsp3) is 0.0625. The fourth-order valence-electron chi connectivity index (χ4n) is 1.99. The molecule has 1 aromatic heterocycles. The largest absolute Gasteiger partial charge is 0.452 e. The summed E-state index contributed by atoms with van der Waals surface area (Å²) in [6.07, 6.45) is 1.41. The lowest BCUT2D eigenvalue weighted by Gasteiger charge is -2.07. The number of amides is 1. The summed E-state index contributed by atoms with van der Waals surface area (Å²) in [5.74, 6) is -1.01. The van der Waals surface area contributed by atoms with Crippen LogP contribution in [0.2, 0.25) is 0 Å². The van der Waals surface area contributed by atoms with E-state index in [1.165, 1.54) is 11.0 Å². The number of para-hydroxylation sites is 1. The van der Waals surface area contributed by atoms with Crippen LogP contribution >= 0.6 is 0 Å². The third kappa shape index (κ3) is 3.80. The number of tetrazole rings is 1. The van der Waals surface area contributed by atoms with Gasteiger partial charge in [0.2, 0.25) is 0 Å². The maximum Gasteiger partial charge on any atom is 0.338 e. The molecule has 24 heavy (non-hydrogen) atoms. The van der Waals surface area contributed by atoms with Gasteiger partial charge in [0, 0.05) is 5.69 Å². The number of nitrogens with one attached hydrogen (secondary N) is 1. The predicted molar refractivity (Wildman–Crippen MR) is 84.5 cm³/mol. The fourth-order valence-corrected chi connectivity index (χ4v) is 1.99. The third-order valence-corrected chi connectivity index (χ3v) is 3.09. The molecule has 8 heteroatoms. The Morgan fingerprint density at radius 2 is 1.92 bits per heavy atom. The Morgan fingerprint density at radius 1 is 1.08 bits per heavy atom. The first-order valence-electron chi connectivity index (χ1n) is 7.08. The minimum absolute atomic E-state index is 0.301. The summed E-state index contributed by atoms with van der Waals surface area (Å²) in [4.78, 5) is 23.8. The topological polar surface area (TPSA) is 99.0 Å². The molecule has 0 unspecified atom stereocenters. The zero-order valence-corrected chi connectivity index (χ0v) is 12.5. The molecule has 0 saturated heterocycles. The summed E-state index contributed by atoms with van der Waals surface area (Å²) >= 11 is 0. The molecule has 3 rings (SSSR count). The summed E-state index contributed by atoms with van der Waals surface area (Å²) < 4.78 is 6.44. The van der Waals surface area contributed by atoms with Crippen molar-refractivity contribution in [3.8, 4) is 5.69 Å². The Kier molecular flexibility index (Phi) is 4.57. The molecule has 0 saturated carbocycles. The number of benzene rings is 2. The van der Waals surface area contributed by atoms with Crippen molar-refractivity contribution in [2.24, 2.45) is 0 Å². The van der Waals surface area contributed by atoms with E-state index in [1.54, 1.807) is 48.5 Å². The summed E-state index contributed by atoms with van der Waals surface area (Å²) in [7, 11) is 0. The first-order chi connectivity index (χ1) is 11.7. The molecule has 1 N–H and O–H groups in total. The van der Waals surface area contributed by atoms with Crippen LogP contribution in [-0.4, -0.2) is 38.7 Å². The van der Waals surface area contributed by atoms with Crippen LogP contribution in [0, 0.1) is 0 Å². The first kappa shape index (κ1) is 15.3. The average molecular weight is 323 g/mol. The van der Waals surface area contributed by atoms with Crippen LogP contribution < -0.4 is 5.32 Å². The zero-order valence-electron chi connectivity index (χ0n) is 12.5. The molecule has 8 nitrogen and oxygen atoms in total. The molecule has 0 aliphatic heterocycles. The van der Waals surface area contributed by atoms with Gasteiger partial charge in [-0.05, 0) is 40.8 Å². The minimum atomic E-state index is -0.604. The van der Waals surface area contributed by atoms with Crippen molar-refractivity contribution in [3.05, 3.63) is 66.5 Å². The van der Waals surface area contributed by atoms with Crippen molar-refractivity contribution < 1.29 is 14.3 Å². The van der Waals surface area contributed by atoms with Crippen molar-refractivity contribution in [3.63, 3.8) is 0 Å². The van der Waals surface area contributed by atoms with Crippen molar-refractivity contribution in [2.45, 2.75) is 0 Å². The standard InChI is InChI=1S/C16H13N5O3/c22-15(18-13-6-2-1-3-7-13)10-24-16(23)12-5-4-8-14(9-12)21-11-17-19-20-21/h1-9,11H,10H2,(H,18,22). The van der Waals surface area contributed by atoms with Gasteiger partial charge in [0.05, 0.1) is 11.3 Å². The highest BCUT2D eigenvalue weighted by Gasteiger charge is 2.11. The van der Waals surface area contributed by atoms with Crippen LogP contribution in [-0.2, 0) is 9.53 Å². The molecule has 1 heterocycles. The van der Waals surface area contributed by atoms with E-state index >= 15 is 0 Å². The van der Waals surface area contributed by atoms with Crippen molar-refractivity contribution >= 4 is 17.6 Å². The number of hydrogen-bond donors (Lipinski definition) is 1. The van der Waals surface area contributed by atoms with Gasteiger partial charge in [0.25, 0.3) is 5.91 Å². The number of carbonyl (C=O) groups excluding carboxylic acids is 2. The lowest BCUT2D eigenvalue weighted by Crippen LogP contribution is -2.20. The van der Waals surface area contributed by atoms with Crippen molar-refractivity contribution in [1.82, 2.24) is 20.2 Å². The Labute approximate surface area is 137 Å². The van der Waals surface area contributed by atoms with E-state index in [1.807, 2.05) is 6.07 Å². The smallest absolute Gasteiger partial charge is 0.338 e. The van der Waals surface area contributed by atoms with E-state index in [0.717, 1.165) is 0 Å². The number of rotatable bonds is 5. The SMILES string of the molecule is O=C(COC(=O)c1cccc(-n2cnnn2)c1)Nc1ccccc1. The Balaban J connectivity index is 1.59. The molecule has 0 aliphatic rings. The molecule has 2 aromatic carbocycles. The molecular formula is C16H13N5O3. The first-order valence-corrected chi connectivity index (χ1v) is 7.08. The predicted octanol–water partition coefficient (Wildman–Crippen LogP) is 1.46. The molecule has 0 bridgehead atoms. The van der Waals surface area contributed by atoms with Crippen LogP contribution in [0.3, 0.4) is 0 Å². The van der Waals surface area contributed by atoms with E-state index in [4.69, 9.17) is 4.74 Å². The molecule has 0 spiro atoms. The zero-order chi connectivity index (χ0) is 16.8. The summed E-state index contributed by atoms with van der Waals surface area (Å²) in [5, 5.41) is 13.5. The summed E-state index contributed by atoms with van der Waals surface area (Å²) in [5.41, 5.74) is 1.55. The van der Waals surface area contributed by atoms with E-state index in [0.29, 0.717) is 16.9 Å². The number of nitrogens with zero attached hydrogens (tertiary/aromatic N) is 4. The molecular weight excluding hydrogens is 310 g/mol. The Morgan fingerprint density at radius 3 is 2.67 bits per heavy atom. The monoisotopic (exact) mass is 323 g/mol. The lowest BCUT2D eigenvalue weighted by molar-refractivity contribution is -0.119. The normalized spacial score (nSPS) is 10.2. The molecule has 3 aromatic rings. The molecule has 1 amide bonds. The quantitative estimate of drug-likeness (QED) is 0.714. The molecule has 0 fully saturated rings. The van der Waals surface area contributed by atoms with Gasteiger partial charge < -0.3 is 10.1 Å². The van der Waals surface area contributed by atoms with Crippen molar-refractivity contribution in [1.29, 1.82) is 0 Å². The number of carbonyl (C=O) groups is 2. The third-order valence-electron chi connectivity index (χ3n) is 3.09. The second-order valence-electron chi connectivity index (χ2n) is 4.80. The summed E-state index contributed by atoms with van der Waals surface area (Å²) in [6, 6.07) is 15.5. The second kappa shape index (κ2) is 7.14. The maximum atomic E-state index is 12.1. The maximum absolute atomic E-state index is 12.1. The van der Waals surface area contributed by atoms with Crippen LogP contribution in [0.1, 0.15) is 10.4 Å². The highest BCUT2D eigenvalue weighted by atomic mass is 16.5. The summed E-state index contributed by atoms with van der Waals surface area (Å²) in [6.45, 7) is -0.372. The molecule has 0 atom stereocenters. The van der Waals surface area contributed by atoms with Gasteiger partial charge in [0.1, 0.15) is 6.33 Å². The van der Waals surface area contributed by atoms with E-state index in [2.05, 4.69) is 20.8 Å². The number of hydrogen-bond acceptors (Lipinski definition) is 6. The average Bonchev–Trinajstić information content (AvgIpc) is 3.15. The van der Waals surface area contributed by atoms with Gasteiger partial charge in [0.15, 0.2) is 6.61 Å². The van der Waals surface area contributed by atoms with Gasteiger partial charge in [-0.1, -0.05) is 24.3 Å². The Hall–Kier alpha value is -3.55.